The molecule has 2 aromatic rings. The number of hydrogen-bond acceptors (Lipinski definition) is 5. The highest BCUT2D eigenvalue weighted by Gasteiger charge is 2.39. The summed E-state index contributed by atoms with van der Waals surface area (Å²) >= 11 is 0. The van der Waals surface area contributed by atoms with Crippen LogP contribution in [0, 0.1) is 11.3 Å². The number of allylic oxidation sites excluding steroid dienone is 2. The van der Waals surface area contributed by atoms with E-state index in [4.69, 9.17) is 4.74 Å². The Labute approximate surface area is 187 Å². The van der Waals surface area contributed by atoms with Crippen LogP contribution in [0.15, 0.2) is 77.1 Å². The standard InChI is InChI=1S/C26H26N2O4/c1-16-21(24(29)30)23(20-13-9-8-12-19(20)15-27)22(17(2)28-16)25(31)32-26(3,4)14-18-10-6-5-7-11-18/h5-13,23,28H,14H2,1-4H3,(H,29,30). The Hall–Kier alpha value is -3.85. The van der Waals surface area contributed by atoms with Gasteiger partial charge >= 0.3 is 11.9 Å². The molecule has 0 radical (unpaired) electrons. The normalized spacial score (nSPS) is 16.3. The predicted molar refractivity (Wildman–Crippen MR) is 120 cm³/mol. The number of benzene rings is 2. The molecule has 164 valence electrons. The highest BCUT2D eigenvalue weighted by molar-refractivity contribution is 5.99. The molecule has 1 aliphatic rings. The number of dihydropyridines is 1. The third kappa shape index (κ3) is 4.73. The van der Waals surface area contributed by atoms with E-state index in [1.165, 1.54) is 0 Å². The Bertz CT molecular complexity index is 1150. The van der Waals surface area contributed by atoms with Gasteiger partial charge in [0.2, 0.25) is 0 Å². The van der Waals surface area contributed by atoms with E-state index in [0.29, 0.717) is 28.9 Å². The van der Waals surface area contributed by atoms with E-state index < -0.39 is 23.5 Å². The number of ether oxygens (including phenoxy) is 1. The second kappa shape index (κ2) is 9.11. The zero-order valence-electron chi connectivity index (χ0n) is 18.6. The molecule has 0 amide bonds. The van der Waals surface area contributed by atoms with Gasteiger partial charge < -0.3 is 15.2 Å². The largest absolute Gasteiger partial charge is 0.478 e. The Morgan fingerprint density at radius 2 is 1.62 bits per heavy atom. The average Bonchev–Trinajstić information content (AvgIpc) is 2.72. The van der Waals surface area contributed by atoms with E-state index in [2.05, 4.69) is 11.4 Å². The molecule has 0 spiro atoms. The van der Waals surface area contributed by atoms with E-state index >= 15 is 0 Å². The van der Waals surface area contributed by atoms with Crippen molar-refractivity contribution in [1.82, 2.24) is 5.32 Å². The zero-order valence-corrected chi connectivity index (χ0v) is 18.6. The molecule has 32 heavy (non-hydrogen) atoms. The highest BCUT2D eigenvalue weighted by atomic mass is 16.6. The lowest BCUT2D eigenvalue weighted by Crippen LogP contribution is -2.36. The molecule has 0 saturated heterocycles. The first-order chi connectivity index (χ1) is 15.1. The van der Waals surface area contributed by atoms with Gasteiger partial charge in [0.15, 0.2) is 0 Å². The van der Waals surface area contributed by atoms with Gasteiger partial charge in [0.05, 0.1) is 28.7 Å². The molecule has 0 aromatic heterocycles. The summed E-state index contributed by atoms with van der Waals surface area (Å²) < 4.78 is 5.91. The van der Waals surface area contributed by atoms with Gasteiger partial charge in [-0.25, -0.2) is 9.59 Å². The number of hydrogen-bond donors (Lipinski definition) is 2. The first-order valence-electron chi connectivity index (χ1n) is 10.3. The van der Waals surface area contributed by atoms with Crippen LogP contribution in [-0.4, -0.2) is 22.6 Å². The number of carbonyl (C=O) groups excluding carboxylic acids is 1. The molecule has 6 nitrogen and oxygen atoms in total. The summed E-state index contributed by atoms with van der Waals surface area (Å²) in [5.41, 5.74) is 2.10. The van der Waals surface area contributed by atoms with Crippen LogP contribution in [0.25, 0.3) is 0 Å². The van der Waals surface area contributed by atoms with Crippen LogP contribution >= 0.6 is 0 Å². The van der Waals surface area contributed by atoms with Gasteiger partial charge in [-0.2, -0.15) is 5.26 Å². The minimum absolute atomic E-state index is 0.0196. The van der Waals surface area contributed by atoms with Crippen LogP contribution in [0.4, 0.5) is 0 Å². The lowest BCUT2D eigenvalue weighted by molar-refractivity contribution is -0.151. The lowest BCUT2D eigenvalue weighted by atomic mass is 9.78. The van der Waals surface area contributed by atoms with Gasteiger partial charge in [-0.15, -0.1) is 0 Å². The number of rotatable bonds is 6. The second-order valence-electron chi connectivity index (χ2n) is 8.45. The van der Waals surface area contributed by atoms with Gasteiger partial charge in [-0.1, -0.05) is 48.5 Å². The fourth-order valence-electron chi connectivity index (χ4n) is 4.14. The van der Waals surface area contributed by atoms with E-state index in [-0.39, 0.29) is 11.1 Å². The minimum atomic E-state index is -1.16. The van der Waals surface area contributed by atoms with Crippen molar-refractivity contribution in [2.75, 3.05) is 0 Å². The van der Waals surface area contributed by atoms with Gasteiger partial charge in [0.25, 0.3) is 0 Å². The van der Waals surface area contributed by atoms with Crippen molar-refractivity contribution >= 4 is 11.9 Å². The molecule has 2 N–H and O–H groups in total. The van der Waals surface area contributed by atoms with Gasteiger partial charge in [0, 0.05) is 17.8 Å². The highest BCUT2D eigenvalue weighted by Crippen LogP contribution is 2.40. The third-order valence-electron chi connectivity index (χ3n) is 5.44. The van der Waals surface area contributed by atoms with Crippen LogP contribution in [0.3, 0.4) is 0 Å². The number of nitriles is 1. The minimum Gasteiger partial charge on any atom is -0.478 e. The second-order valence-corrected chi connectivity index (χ2v) is 8.45. The van der Waals surface area contributed by atoms with Crippen molar-refractivity contribution in [3.8, 4) is 6.07 Å². The first-order valence-corrected chi connectivity index (χ1v) is 10.3. The summed E-state index contributed by atoms with van der Waals surface area (Å²) in [6.45, 7) is 7.00. The fourth-order valence-corrected chi connectivity index (χ4v) is 4.14. The lowest BCUT2D eigenvalue weighted by Gasteiger charge is -2.33. The quantitative estimate of drug-likeness (QED) is 0.657. The summed E-state index contributed by atoms with van der Waals surface area (Å²) in [6.07, 6.45) is 0.499. The van der Waals surface area contributed by atoms with Crippen molar-refractivity contribution in [2.45, 2.75) is 45.6 Å². The summed E-state index contributed by atoms with van der Waals surface area (Å²) in [7, 11) is 0. The Morgan fingerprint density at radius 3 is 2.25 bits per heavy atom. The van der Waals surface area contributed by atoms with Crippen molar-refractivity contribution in [3.05, 3.63) is 93.8 Å². The van der Waals surface area contributed by atoms with E-state index in [0.717, 1.165) is 5.56 Å². The molecule has 2 aromatic carbocycles. The van der Waals surface area contributed by atoms with E-state index in [9.17, 15) is 20.0 Å². The zero-order chi connectivity index (χ0) is 23.5. The molecule has 1 aliphatic heterocycles. The third-order valence-corrected chi connectivity index (χ3v) is 5.44. The molecule has 0 aliphatic carbocycles. The molecule has 1 heterocycles. The molecule has 6 heteroatoms. The maximum Gasteiger partial charge on any atom is 0.337 e. The maximum atomic E-state index is 13.5. The predicted octanol–water partition coefficient (Wildman–Crippen LogP) is 4.44. The molecule has 1 unspecified atom stereocenters. The monoisotopic (exact) mass is 430 g/mol. The first kappa shape index (κ1) is 22.8. The van der Waals surface area contributed by atoms with Gasteiger partial charge in [0.1, 0.15) is 5.60 Å². The Morgan fingerprint density at radius 1 is 1.03 bits per heavy atom. The van der Waals surface area contributed by atoms with Crippen LogP contribution < -0.4 is 5.32 Å². The average molecular weight is 431 g/mol. The molecular formula is C26H26N2O4. The van der Waals surface area contributed by atoms with E-state index in [1.807, 2.05) is 44.2 Å². The van der Waals surface area contributed by atoms with Crippen molar-refractivity contribution in [1.29, 1.82) is 5.26 Å². The van der Waals surface area contributed by atoms with Crippen LogP contribution in [-0.2, 0) is 20.7 Å². The number of carbonyl (C=O) groups is 2. The summed E-state index contributed by atoms with van der Waals surface area (Å²) in [6, 6.07) is 18.5. The van der Waals surface area contributed by atoms with Crippen molar-refractivity contribution in [3.63, 3.8) is 0 Å². The van der Waals surface area contributed by atoms with Crippen LogP contribution in [0.1, 0.15) is 50.3 Å². The number of esters is 1. The summed E-state index contributed by atoms with van der Waals surface area (Å²) in [5, 5.41) is 22.6. The van der Waals surface area contributed by atoms with Crippen LogP contribution in [0.5, 0.6) is 0 Å². The number of carboxylic acids is 1. The number of nitrogens with zero attached hydrogens (tertiary/aromatic N) is 1. The molecule has 0 saturated carbocycles. The molecule has 0 bridgehead atoms. The molecular weight excluding hydrogens is 404 g/mol. The van der Waals surface area contributed by atoms with Crippen LogP contribution in [0.2, 0.25) is 0 Å². The van der Waals surface area contributed by atoms with Crippen molar-refractivity contribution in [2.24, 2.45) is 0 Å². The number of aliphatic carboxylic acids is 1. The van der Waals surface area contributed by atoms with Crippen molar-refractivity contribution < 1.29 is 19.4 Å². The summed E-state index contributed by atoms with van der Waals surface area (Å²) in [4.78, 5) is 25.6. The number of nitrogens with one attached hydrogen (secondary N) is 1. The summed E-state index contributed by atoms with van der Waals surface area (Å²) in [5.74, 6) is -2.70. The molecule has 0 fully saturated rings. The smallest absolute Gasteiger partial charge is 0.337 e. The van der Waals surface area contributed by atoms with Gasteiger partial charge in [-0.3, -0.25) is 0 Å². The van der Waals surface area contributed by atoms with E-state index in [1.54, 1.807) is 38.1 Å². The topological polar surface area (TPSA) is 99.4 Å². The SMILES string of the molecule is CC1=C(C(=O)O)C(c2ccccc2C#N)C(C(=O)OC(C)(C)Cc2ccccc2)=C(C)N1. The molecule has 3 rings (SSSR count). The Balaban J connectivity index is 2.04. The van der Waals surface area contributed by atoms with Gasteiger partial charge in [-0.05, 0) is 44.9 Å². The maximum absolute atomic E-state index is 13.5. The number of carboxylic acid groups (broad SMARTS) is 1. The Kier molecular flexibility index (Phi) is 6.50. The molecule has 1 atom stereocenters. The fraction of sp³-hybridized carbons (Fsp3) is 0.269.